The highest BCUT2D eigenvalue weighted by molar-refractivity contribution is 5.80. The van der Waals surface area contributed by atoms with Gasteiger partial charge in [-0.25, -0.2) is 0 Å². The molecule has 2 saturated heterocycles. The number of likely N-dealkylation sites (tertiary alicyclic amines) is 1. The molecule has 2 aromatic carbocycles. The summed E-state index contributed by atoms with van der Waals surface area (Å²) >= 11 is 0. The van der Waals surface area contributed by atoms with Crippen molar-refractivity contribution in [3.05, 3.63) is 59.7 Å². The largest absolute Gasteiger partial charge is 0.495 e. The van der Waals surface area contributed by atoms with Gasteiger partial charge in [0.1, 0.15) is 5.75 Å². The molecule has 1 amide bonds. The fourth-order valence-electron chi connectivity index (χ4n) is 4.42. The Kier molecular flexibility index (Phi) is 7.14. The maximum Gasteiger partial charge on any atom is 0.222 e. The Morgan fingerprint density at radius 2 is 1.72 bits per heavy atom. The first-order chi connectivity index (χ1) is 15.7. The Hall–Kier alpha value is -3.22. The number of rotatable bonds is 6. The molecule has 0 aromatic heterocycles. The summed E-state index contributed by atoms with van der Waals surface area (Å²) in [6.07, 6.45) is 1.67. The quantitative estimate of drug-likeness (QED) is 0.559. The molecular weight excluding hydrogens is 402 g/mol. The van der Waals surface area contributed by atoms with E-state index in [1.54, 1.807) is 7.11 Å². The number of amides is 1. The number of carbonyl (C=O) groups is 1. The summed E-state index contributed by atoms with van der Waals surface area (Å²) in [7, 11) is 3.56. The highest BCUT2D eigenvalue weighted by Crippen LogP contribution is 2.28. The van der Waals surface area contributed by atoms with Crippen LogP contribution < -0.4 is 15.0 Å². The van der Waals surface area contributed by atoms with Crippen molar-refractivity contribution in [3.8, 4) is 5.75 Å². The van der Waals surface area contributed by atoms with Crippen LogP contribution in [0, 0.1) is 0 Å². The molecule has 4 rings (SSSR count). The number of benzene rings is 2. The van der Waals surface area contributed by atoms with E-state index < -0.39 is 0 Å². The van der Waals surface area contributed by atoms with Gasteiger partial charge < -0.3 is 24.8 Å². The molecule has 7 nitrogen and oxygen atoms in total. The van der Waals surface area contributed by atoms with Crippen LogP contribution in [-0.4, -0.2) is 68.5 Å². The van der Waals surface area contributed by atoms with Gasteiger partial charge >= 0.3 is 0 Å². The van der Waals surface area contributed by atoms with Crippen LogP contribution in [0.3, 0.4) is 0 Å². The number of aliphatic imine (C=N–C) groups is 1. The molecule has 2 aliphatic heterocycles. The lowest BCUT2D eigenvalue weighted by Gasteiger charge is -2.38. The smallest absolute Gasteiger partial charge is 0.222 e. The Bertz CT molecular complexity index is 936. The third-order valence-corrected chi connectivity index (χ3v) is 6.24. The number of hydrogen-bond acceptors (Lipinski definition) is 4. The van der Waals surface area contributed by atoms with E-state index in [0.29, 0.717) is 13.0 Å². The maximum atomic E-state index is 11.8. The normalized spacial score (nSPS) is 17.1. The predicted octanol–water partition coefficient (Wildman–Crippen LogP) is 2.72. The molecule has 0 spiro atoms. The number of para-hydroxylation sites is 2. The summed E-state index contributed by atoms with van der Waals surface area (Å²) in [6.45, 7) is 5.97. The summed E-state index contributed by atoms with van der Waals surface area (Å²) in [5, 5.41) is 3.50. The summed E-state index contributed by atoms with van der Waals surface area (Å²) < 4.78 is 5.52. The first kappa shape index (κ1) is 22.0. The Morgan fingerprint density at radius 1 is 1.00 bits per heavy atom. The van der Waals surface area contributed by atoms with E-state index in [1.165, 1.54) is 11.1 Å². The summed E-state index contributed by atoms with van der Waals surface area (Å²) in [5.74, 6) is 2.11. The van der Waals surface area contributed by atoms with Gasteiger partial charge in [-0.1, -0.05) is 36.4 Å². The molecule has 0 unspecified atom stereocenters. The van der Waals surface area contributed by atoms with Gasteiger partial charge in [-0.05, 0) is 29.7 Å². The minimum atomic E-state index is 0.269. The van der Waals surface area contributed by atoms with Gasteiger partial charge in [0.25, 0.3) is 0 Å². The van der Waals surface area contributed by atoms with E-state index >= 15 is 0 Å². The van der Waals surface area contributed by atoms with Crippen LogP contribution in [-0.2, 0) is 17.9 Å². The molecule has 1 N–H and O–H groups in total. The van der Waals surface area contributed by atoms with Gasteiger partial charge in [0.2, 0.25) is 5.91 Å². The van der Waals surface area contributed by atoms with E-state index in [4.69, 9.17) is 4.74 Å². The predicted molar refractivity (Wildman–Crippen MR) is 128 cm³/mol. The van der Waals surface area contributed by atoms with E-state index in [-0.39, 0.29) is 5.91 Å². The molecule has 2 aromatic rings. The lowest BCUT2D eigenvalue weighted by Crippen LogP contribution is -2.52. The third-order valence-electron chi connectivity index (χ3n) is 6.24. The molecule has 2 aliphatic rings. The summed E-state index contributed by atoms with van der Waals surface area (Å²) in [6, 6.07) is 16.7. The number of carbonyl (C=O) groups excluding carboxylic acids is 1. The first-order valence-electron chi connectivity index (χ1n) is 11.4. The molecule has 0 radical (unpaired) electrons. The van der Waals surface area contributed by atoms with Crippen molar-refractivity contribution in [2.75, 3.05) is 51.8 Å². The van der Waals surface area contributed by atoms with Crippen LogP contribution in [0.1, 0.15) is 24.0 Å². The molecule has 0 atom stereocenters. The third kappa shape index (κ3) is 5.15. The zero-order chi connectivity index (χ0) is 22.3. The van der Waals surface area contributed by atoms with Crippen molar-refractivity contribution in [1.29, 1.82) is 0 Å². The van der Waals surface area contributed by atoms with Gasteiger partial charge in [0, 0.05) is 59.3 Å². The first-order valence-corrected chi connectivity index (χ1v) is 11.4. The van der Waals surface area contributed by atoms with E-state index in [0.717, 1.165) is 63.1 Å². The maximum absolute atomic E-state index is 11.8. The molecule has 0 saturated carbocycles. The molecule has 7 heteroatoms. The lowest BCUT2D eigenvalue weighted by molar-refractivity contribution is -0.128. The highest BCUT2D eigenvalue weighted by atomic mass is 16.5. The number of hydrogen-bond donors (Lipinski definition) is 1. The number of nitrogens with zero attached hydrogens (tertiary/aromatic N) is 4. The molecule has 32 heavy (non-hydrogen) atoms. The second-order valence-electron chi connectivity index (χ2n) is 8.28. The number of anilines is 1. The zero-order valence-electron chi connectivity index (χ0n) is 19.1. The monoisotopic (exact) mass is 435 g/mol. The van der Waals surface area contributed by atoms with Crippen molar-refractivity contribution in [1.82, 2.24) is 15.1 Å². The highest BCUT2D eigenvalue weighted by Gasteiger charge is 2.22. The number of piperazine rings is 1. The van der Waals surface area contributed by atoms with Crippen LogP contribution in [0.5, 0.6) is 5.75 Å². The Balaban J connectivity index is 1.27. The van der Waals surface area contributed by atoms with Crippen LogP contribution >= 0.6 is 0 Å². The minimum Gasteiger partial charge on any atom is -0.495 e. The number of ether oxygens (including phenoxy) is 1. The van der Waals surface area contributed by atoms with E-state index in [1.807, 2.05) is 24.1 Å². The Labute approximate surface area is 190 Å². The molecule has 0 aliphatic carbocycles. The zero-order valence-corrected chi connectivity index (χ0v) is 19.1. The lowest BCUT2D eigenvalue weighted by atomic mass is 10.1. The average Bonchev–Trinajstić information content (AvgIpc) is 3.25. The molecule has 2 fully saturated rings. The number of methoxy groups -OCH3 is 1. The van der Waals surface area contributed by atoms with Crippen molar-refractivity contribution < 1.29 is 9.53 Å². The SMILES string of the molecule is CN=C(NCc1ccc(CN2CCCC2=O)cc1)N1CCN(c2ccccc2OC)CC1. The second-order valence-corrected chi connectivity index (χ2v) is 8.28. The standard InChI is InChI=1S/C25H33N5O2/c1-26-25(29-16-14-28(15-17-29)22-6-3-4-7-23(22)32-2)27-18-20-9-11-21(12-10-20)19-30-13-5-8-24(30)31/h3-4,6-7,9-12H,5,8,13-19H2,1-2H3,(H,26,27). The fraction of sp³-hybridized carbons (Fsp3) is 0.440. The second kappa shape index (κ2) is 10.4. The van der Waals surface area contributed by atoms with Crippen LogP contribution in [0.4, 0.5) is 5.69 Å². The molecule has 0 bridgehead atoms. The van der Waals surface area contributed by atoms with Gasteiger partial charge in [-0.2, -0.15) is 0 Å². The average molecular weight is 436 g/mol. The van der Waals surface area contributed by atoms with Gasteiger partial charge in [-0.15, -0.1) is 0 Å². The Morgan fingerprint density at radius 3 is 2.38 bits per heavy atom. The topological polar surface area (TPSA) is 60.4 Å². The van der Waals surface area contributed by atoms with Crippen LogP contribution in [0.25, 0.3) is 0 Å². The van der Waals surface area contributed by atoms with Crippen molar-refractivity contribution in [2.24, 2.45) is 4.99 Å². The number of nitrogens with one attached hydrogen (secondary N) is 1. The van der Waals surface area contributed by atoms with Crippen molar-refractivity contribution in [2.45, 2.75) is 25.9 Å². The van der Waals surface area contributed by atoms with Gasteiger partial charge in [-0.3, -0.25) is 9.79 Å². The van der Waals surface area contributed by atoms with E-state index in [2.05, 4.69) is 56.5 Å². The molecular formula is C25H33N5O2. The summed E-state index contributed by atoms with van der Waals surface area (Å²) in [4.78, 5) is 22.9. The van der Waals surface area contributed by atoms with Gasteiger partial charge in [0.15, 0.2) is 5.96 Å². The molecule has 170 valence electrons. The summed E-state index contributed by atoms with van der Waals surface area (Å²) in [5.41, 5.74) is 3.53. The van der Waals surface area contributed by atoms with Crippen LogP contribution in [0.15, 0.2) is 53.5 Å². The molecule has 2 heterocycles. The van der Waals surface area contributed by atoms with Crippen molar-refractivity contribution >= 4 is 17.6 Å². The van der Waals surface area contributed by atoms with Crippen LogP contribution in [0.2, 0.25) is 0 Å². The van der Waals surface area contributed by atoms with Crippen molar-refractivity contribution in [3.63, 3.8) is 0 Å². The minimum absolute atomic E-state index is 0.269. The fourth-order valence-corrected chi connectivity index (χ4v) is 4.42. The van der Waals surface area contributed by atoms with Gasteiger partial charge in [0.05, 0.1) is 12.8 Å². The van der Waals surface area contributed by atoms with E-state index in [9.17, 15) is 4.79 Å². The number of guanidine groups is 1.